The molecule has 446 valence electrons. The summed E-state index contributed by atoms with van der Waals surface area (Å²) in [4.78, 5) is 32.5. The molecule has 6 nitrogen and oxygen atoms in total. The van der Waals surface area contributed by atoms with Crippen molar-refractivity contribution in [3.63, 3.8) is 0 Å². The smallest absolute Gasteiger partial charge is 0.370 e. The molecule has 0 amide bonds. The van der Waals surface area contributed by atoms with Crippen molar-refractivity contribution < 1.29 is 82.1 Å². The van der Waals surface area contributed by atoms with Crippen LogP contribution in [-0.2, 0) is 36.4 Å². The van der Waals surface area contributed by atoms with E-state index < -0.39 is 46.7 Å². The molecule has 18 heteroatoms. The topological polar surface area (TPSA) is 109 Å². The van der Waals surface area contributed by atoms with E-state index in [4.69, 9.17) is 19.2 Å². The van der Waals surface area contributed by atoms with Crippen LogP contribution in [-0.4, -0.2) is 58.4 Å². The standard InChI is InChI=1S/C32H34F6O.C31H32F6O.2CO2/c1-6-23-10-9-11-25(20-23)28-15-14-27(19-22(28)5)29(7-2,8-3)26-13-12-24(21(4)18-26)16-17-30(39,31(33,34)35)32(36,37)38;1-6-28(7-2,26-13-14-27(22(5)19-26)24-10-8-9-20(3)17-24)25-12-11-23(21(4)18-25)15-16-29(38,30(32,33)34)31(35,36)37;2*2-1-3/h9-20,39H,6-8H2,1-5H3;8-19,38H,6-7H2,1-5H3;;/b17-16+;16-15+;;. The number of hydrogen-bond donors (Lipinski definition) is 2. The van der Waals surface area contributed by atoms with Gasteiger partial charge in [-0.1, -0.05) is 174 Å². The first-order valence-electron chi connectivity index (χ1n) is 26.3. The third-order valence-electron chi connectivity index (χ3n) is 15.3. The van der Waals surface area contributed by atoms with Gasteiger partial charge < -0.3 is 10.2 Å². The molecule has 6 rings (SSSR count). The van der Waals surface area contributed by atoms with Crippen molar-refractivity contribution in [2.24, 2.45) is 0 Å². The van der Waals surface area contributed by atoms with Crippen molar-refractivity contribution in [2.75, 3.05) is 0 Å². The highest BCUT2D eigenvalue weighted by Crippen LogP contribution is 2.47. The summed E-state index contributed by atoms with van der Waals surface area (Å²) in [6.07, 6.45) is -18.3. The van der Waals surface area contributed by atoms with Crippen molar-refractivity contribution in [3.8, 4) is 22.3 Å². The Morgan fingerprint density at radius 2 is 0.699 bits per heavy atom. The van der Waals surface area contributed by atoms with Crippen LogP contribution < -0.4 is 0 Å². The fraction of sp³-hybridized carbons (Fsp3) is 0.354. The lowest BCUT2D eigenvalue weighted by Gasteiger charge is -2.34. The van der Waals surface area contributed by atoms with Gasteiger partial charge >= 0.3 is 37.0 Å². The van der Waals surface area contributed by atoms with E-state index in [0.29, 0.717) is 23.3 Å². The number of aryl methyl sites for hydroxylation is 6. The molecule has 0 aliphatic heterocycles. The second-order valence-corrected chi connectivity index (χ2v) is 20.1. The van der Waals surface area contributed by atoms with Gasteiger partial charge in [-0.3, -0.25) is 0 Å². The second kappa shape index (κ2) is 28.3. The summed E-state index contributed by atoms with van der Waals surface area (Å²) in [7, 11) is 0. The molecule has 0 aliphatic carbocycles. The number of rotatable bonds is 15. The molecule has 6 aromatic carbocycles. The van der Waals surface area contributed by atoms with Crippen LogP contribution in [0.1, 0.15) is 127 Å². The zero-order valence-corrected chi connectivity index (χ0v) is 47.5. The lowest BCUT2D eigenvalue weighted by molar-refractivity contribution is -0.348. The summed E-state index contributed by atoms with van der Waals surface area (Å²) >= 11 is 0. The number of benzene rings is 6. The fourth-order valence-corrected chi connectivity index (χ4v) is 10.2. The molecule has 0 aromatic heterocycles. The summed E-state index contributed by atoms with van der Waals surface area (Å²) in [5.41, 5.74) is 3.83. The summed E-state index contributed by atoms with van der Waals surface area (Å²) in [6.45, 7) is 19.8. The predicted molar refractivity (Wildman–Crippen MR) is 295 cm³/mol. The van der Waals surface area contributed by atoms with Gasteiger partial charge in [0.1, 0.15) is 0 Å². The SMILES string of the molecule is CCC(CC)(c1ccc(/C=C/C(O)(C(F)(F)F)C(F)(F)F)c(C)c1)c1ccc(-c2cccc(C)c2)c(C)c1.CCc1cccc(-c2ccc(C(CC)(CC)c3ccc(/C=C/C(O)(C(F)(F)F)C(F)(F)F)c(C)c3)cc2C)c1.O=C=O.O=C=O. The maximum Gasteiger partial charge on any atom is 0.430 e. The average Bonchev–Trinajstić information content (AvgIpc) is 3.55. The molecule has 0 bridgehead atoms. The van der Waals surface area contributed by atoms with Crippen LogP contribution in [0.2, 0.25) is 0 Å². The van der Waals surface area contributed by atoms with Crippen molar-refractivity contribution in [2.45, 2.75) is 148 Å². The van der Waals surface area contributed by atoms with Gasteiger partial charge in [-0.05, 0) is 162 Å². The van der Waals surface area contributed by atoms with E-state index in [2.05, 4.69) is 115 Å². The van der Waals surface area contributed by atoms with Crippen molar-refractivity contribution in [1.82, 2.24) is 0 Å². The van der Waals surface area contributed by atoms with Crippen LogP contribution in [0.5, 0.6) is 0 Å². The molecule has 2 N–H and O–H groups in total. The maximum absolute atomic E-state index is 13.1. The molecule has 83 heavy (non-hydrogen) atoms. The second-order valence-electron chi connectivity index (χ2n) is 20.1. The number of aliphatic hydroxyl groups is 2. The van der Waals surface area contributed by atoms with Crippen LogP contribution >= 0.6 is 0 Å². The highest BCUT2D eigenvalue weighted by atomic mass is 19.4. The molecule has 6 aromatic rings. The third-order valence-corrected chi connectivity index (χ3v) is 15.3. The van der Waals surface area contributed by atoms with E-state index in [1.54, 1.807) is 38.1 Å². The predicted octanol–water partition coefficient (Wildman–Crippen LogP) is 17.6. The monoisotopic (exact) mass is 1170 g/mol. The molecule has 0 fully saturated rings. The first kappa shape index (κ1) is 69.9. The van der Waals surface area contributed by atoms with Gasteiger partial charge in [-0.25, -0.2) is 0 Å². The molecule has 0 saturated heterocycles. The maximum atomic E-state index is 13.1. The largest absolute Gasteiger partial charge is 0.430 e. The lowest BCUT2D eigenvalue weighted by Crippen LogP contribution is -2.55. The Morgan fingerprint density at radius 1 is 0.398 bits per heavy atom. The van der Waals surface area contributed by atoms with Crippen molar-refractivity contribution >= 4 is 24.5 Å². The van der Waals surface area contributed by atoms with Gasteiger partial charge in [0, 0.05) is 10.8 Å². The first-order valence-corrected chi connectivity index (χ1v) is 26.3. The van der Waals surface area contributed by atoms with Crippen LogP contribution in [0.4, 0.5) is 52.7 Å². The van der Waals surface area contributed by atoms with Crippen molar-refractivity contribution in [1.29, 1.82) is 0 Å². The van der Waals surface area contributed by atoms with E-state index in [1.807, 2.05) is 25.1 Å². The van der Waals surface area contributed by atoms with Gasteiger partial charge in [-0.2, -0.15) is 71.9 Å². The lowest BCUT2D eigenvalue weighted by atomic mass is 9.69. The van der Waals surface area contributed by atoms with Crippen LogP contribution in [0, 0.1) is 34.6 Å². The number of halogens is 12. The van der Waals surface area contributed by atoms with E-state index in [9.17, 15) is 62.9 Å². The van der Waals surface area contributed by atoms with Crippen LogP contribution in [0.3, 0.4) is 0 Å². The Morgan fingerprint density at radius 3 is 0.976 bits per heavy atom. The molecular formula is C65H66F12O6. The minimum absolute atomic E-state index is 0.160. The number of hydrogen-bond acceptors (Lipinski definition) is 6. The highest BCUT2D eigenvalue weighted by Gasteiger charge is 2.70. The Balaban J connectivity index is 0.000000398. The number of carbonyl (C=O) groups excluding carboxylic acids is 4. The molecule has 0 radical (unpaired) electrons. The summed E-state index contributed by atoms with van der Waals surface area (Å²) in [5, 5.41) is 18.9. The Bertz CT molecular complexity index is 3230. The average molecular weight is 1170 g/mol. The van der Waals surface area contributed by atoms with Gasteiger partial charge in [0.05, 0.1) is 0 Å². The Hall–Kier alpha value is -7.36. The van der Waals surface area contributed by atoms with Crippen LogP contribution in [0.15, 0.2) is 133 Å². The molecule has 0 atom stereocenters. The van der Waals surface area contributed by atoms with Gasteiger partial charge in [0.2, 0.25) is 0 Å². The van der Waals surface area contributed by atoms with Gasteiger partial charge in [-0.15, -0.1) is 0 Å². The zero-order chi connectivity index (χ0) is 63.2. The quantitative estimate of drug-likeness (QED) is 0.0992. The summed E-state index contributed by atoms with van der Waals surface area (Å²) in [5.74, 6) is 0. The van der Waals surface area contributed by atoms with E-state index in [1.165, 1.54) is 17.7 Å². The summed E-state index contributed by atoms with van der Waals surface area (Å²) in [6, 6.07) is 39.5. The van der Waals surface area contributed by atoms with Crippen molar-refractivity contribution in [3.05, 3.63) is 200 Å². The van der Waals surface area contributed by atoms with Gasteiger partial charge in [0.15, 0.2) is 0 Å². The van der Waals surface area contributed by atoms with E-state index in [0.717, 1.165) is 93.3 Å². The van der Waals surface area contributed by atoms with E-state index in [-0.39, 0.29) is 35.6 Å². The molecule has 0 spiro atoms. The molecule has 0 saturated carbocycles. The molecule has 0 unspecified atom stereocenters. The normalized spacial score (nSPS) is 12.6. The molecule has 0 aliphatic rings. The zero-order valence-electron chi connectivity index (χ0n) is 47.5. The fourth-order valence-electron chi connectivity index (χ4n) is 10.2. The van der Waals surface area contributed by atoms with E-state index >= 15 is 0 Å². The summed E-state index contributed by atoms with van der Waals surface area (Å²) < 4.78 is 157. The minimum atomic E-state index is -5.91. The Labute approximate surface area is 475 Å². The third kappa shape index (κ3) is 15.6. The Kier molecular flexibility index (Phi) is 23.8. The molecular weight excluding hydrogens is 1100 g/mol. The number of alkyl halides is 12. The highest BCUT2D eigenvalue weighted by molar-refractivity contribution is 5.70. The molecule has 0 heterocycles. The minimum Gasteiger partial charge on any atom is -0.370 e. The first-order chi connectivity index (χ1) is 38.5. The van der Waals surface area contributed by atoms with Crippen LogP contribution in [0.25, 0.3) is 34.4 Å². The van der Waals surface area contributed by atoms with Gasteiger partial charge in [0.25, 0.3) is 11.2 Å².